The Morgan fingerprint density at radius 1 is 0.411 bits per heavy atom. The Morgan fingerprint density at radius 2 is 0.918 bits per heavy atom. The minimum Gasteiger partial charge on any atom is -0.311 e. The van der Waals surface area contributed by atoms with E-state index in [1.807, 2.05) is 0 Å². The summed E-state index contributed by atoms with van der Waals surface area (Å²) in [5.41, 5.74) is 26.1. The molecule has 2 aliphatic carbocycles. The van der Waals surface area contributed by atoms with Crippen molar-refractivity contribution in [1.82, 2.24) is 0 Å². The van der Waals surface area contributed by atoms with Crippen LogP contribution in [0.3, 0.4) is 0 Å². The molecule has 2 heterocycles. The van der Waals surface area contributed by atoms with Crippen molar-refractivity contribution in [1.29, 1.82) is 0 Å². The van der Waals surface area contributed by atoms with Crippen LogP contribution in [-0.4, -0.2) is 6.71 Å². The van der Waals surface area contributed by atoms with Crippen molar-refractivity contribution in [2.75, 3.05) is 14.7 Å². The Balaban J connectivity index is 1.21. The molecule has 12 rings (SSSR count). The quantitative estimate of drug-likeness (QED) is 0.154. The van der Waals surface area contributed by atoms with Gasteiger partial charge in [0.25, 0.3) is 6.71 Å². The lowest BCUT2D eigenvalue weighted by molar-refractivity contribution is 0.332. The predicted molar refractivity (Wildman–Crippen MR) is 315 cm³/mol. The van der Waals surface area contributed by atoms with Gasteiger partial charge in [0.15, 0.2) is 0 Å². The predicted octanol–water partition coefficient (Wildman–Crippen LogP) is 17.2. The average molecular weight is 954 g/mol. The second-order valence-corrected chi connectivity index (χ2v) is 25.6. The molecule has 0 bridgehead atoms. The fourth-order valence-electron chi connectivity index (χ4n) is 13.2. The molecule has 0 atom stereocenters. The van der Waals surface area contributed by atoms with Gasteiger partial charge < -0.3 is 14.7 Å². The number of rotatable bonds is 6. The highest BCUT2D eigenvalue weighted by molar-refractivity contribution is 7.00. The van der Waals surface area contributed by atoms with Crippen LogP contribution in [0, 0.1) is 6.92 Å². The Morgan fingerprint density at radius 3 is 1.49 bits per heavy atom. The monoisotopic (exact) mass is 954 g/mol. The maximum Gasteiger partial charge on any atom is 0.252 e. The van der Waals surface area contributed by atoms with Crippen LogP contribution >= 0.6 is 0 Å². The van der Waals surface area contributed by atoms with Crippen molar-refractivity contribution in [3.8, 4) is 11.1 Å². The lowest BCUT2D eigenvalue weighted by Gasteiger charge is -2.48. The van der Waals surface area contributed by atoms with Gasteiger partial charge >= 0.3 is 0 Å². The third-order valence-corrected chi connectivity index (χ3v) is 17.8. The number of hydrogen-bond donors (Lipinski definition) is 0. The van der Waals surface area contributed by atoms with Gasteiger partial charge in [-0.15, -0.1) is 0 Å². The van der Waals surface area contributed by atoms with Crippen molar-refractivity contribution in [3.63, 3.8) is 0 Å². The van der Waals surface area contributed by atoms with E-state index in [0.717, 1.165) is 29.9 Å². The molecule has 366 valence electrons. The second kappa shape index (κ2) is 16.6. The van der Waals surface area contributed by atoms with Crippen LogP contribution in [0.25, 0.3) is 11.1 Å². The van der Waals surface area contributed by atoms with Gasteiger partial charge in [0.05, 0.1) is 0 Å². The molecule has 2 aliphatic heterocycles. The SMILES string of the molecule is Cc1cc(-c2ccccc2)ccc1N1c2ccc(N(c3ccccc3)c3ccccc3)cc2B2c3cc4c(cc3N(c3ccc5c(c3)C(C)(C)CCC5(C)C)c3cc(C(C)(C)C)cc1c32)C(C)(C)CCC4(C)C. The summed E-state index contributed by atoms with van der Waals surface area (Å²) in [6.45, 7) is 29.2. The summed E-state index contributed by atoms with van der Waals surface area (Å²) >= 11 is 0. The fourth-order valence-corrected chi connectivity index (χ4v) is 13.2. The summed E-state index contributed by atoms with van der Waals surface area (Å²) in [7, 11) is 0. The van der Waals surface area contributed by atoms with E-state index in [1.54, 1.807) is 0 Å². The molecule has 0 aromatic heterocycles. The van der Waals surface area contributed by atoms with Crippen LogP contribution in [0.4, 0.5) is 51.2 Å². The number of fused-ring (bicyclic) bond motifs is 6. The van der Waals surface area contributed by atoms with E-state index in [0.29, 0.717) is 0 Å². The van der Waals surface area contributed by atoms with E-state index in [4.69, 9.17) is 0 Å². The molecule has 3 nitrogen and oxygen atoms in total. The van der Waals surface area contributed by atoms with Crippen molar-refractivity contribution in [3.05, 3.63) is 203 Å². The lowest BCUT2D eigenvalue weighted by atomic mass is 9.33. The highest BCUT2D eigenvalue weighted by atomic mass is 15.2. The Kier molecular flexibility index (Phi) is 10.8. The molecule has 0 saturated heterocycles. The molecule has 0 unspecified atom stereocenters. The number of nitrogens with zero attached hydrogens (tertiary/aromatic N) is 3. The summed E-state index contributed by atoms with van der Waals surface area (Å²) in [6, 6.07) is 65.2. The van der Waals surface area contributed by atoms with E-state index in [2.05, 4.69) is 268 Å². The second-order valence-electron chi connectivity index (χ2n) is 25.6. The van der Waals surface area contributed by atoms with Crippen LogP contribution in [-0.2, 0) is 27.1 Å². The highest BCUT2D eigenvalue weighted by Crippen LogP contribution is 2.54. The number of para-hydroxylation sites is 2. The third-order valence-electron chi connectivity index (χ3n) is 17.8. The molecule has 4 aliphatic rings. The highest BCUT2D eigenvalue weighted by Gasteiger charge is 2.48. The van der Waals surface area contributed by atoms with Gasteiger partial charge in [0, 0.05) is 51.2 Å². The van der Waals surface area contributed by atoms with Gasteiger partial charge in [0.1, 0.15) is 0 Å². The zero-order valence-corrected chi connectivity index (χ0v) is 45.4. The zero-order chi connectivity index (χ0) is 51.0. The molecule has 0 radical (unpaired) electrons. The molecular formula is C69H72BN3. The lowest BCUT2D eigenvalue weighted by Crippen LogP contribution is -2.62. The summed E-state index contributed by atoms with van der Waals surface area (Å²) in [5.74, 6) is 0. The van der Waals surface area contributed by atoms with Gasteiger partial charge in [-0.05, 0) is 206 Å². The summed E-state index contributed by atoms with van der Waals surface area (Å²) in [5, 5.41) is 0. The Hall–Kier alpha value is -6.78. The van der Waals surface area contributed by atoms with E-state index in [1.165, 1.54) is 108 Å². The molecular weight excluding hydrogens is 882 g/mol. The van der Waals surface area contributed by atoms with Crippen LogP contribution in [0.15, 0.2) is 170 Å². The van der Waals surface area contributed by atoms with E-state index in [9.17, 15) is 0 Å². The number of benzene rings is 8. The first-order valence-electron chi connectivity index (χ1n) is 27.0. The molecule has 8 aromatic carbocycles. The fraction of sp³-hybridized carbons (Fsp3) is 0.304. The molecule has 0 N–H and O–H groups in total. The maximum atomic E-state index is 2.72. The summed E-state index contributed by atoms with van der Waals surface area (Å²) < 4.78 is 0. The van der Waals surface area contributed by atoms with Gasteiger partial charge in [-0.3, -0.25) is 0 Å². The van der Waals surface area contributed by atoms with Crippen molar-refractivity contribution < 1.29 is 0 Å². The smallest absolute Gasteiger partial charge is 0.252 e. The number of aryl methyl sites for hydroxylation is 1. The van der Waals surface area contributed by atoms with E-state index >= 15 is 0 Å². The summed E-state index contributed by atoms with van der Waals surface area (Å²) in [6.07, 6.45) is 4.67. The first-order valence-corrected chi connectivity index (χ1v) is 27.0. The molecule has 73 heavy (non-hydrogen) atoms. The van der Waals surface area contributed by atoms with Crippen LogP contribution in [0.2, 0.25) is 0 Å². The molecule has 4 heteroatoms. The van der Waals surface area contributed by atoms with Crippen LogP contribution in [0.1, 0.15) is 135 Å². The van der Waals surface area contributed by atoms with Gasteiger partial charge in [-0.2, -0.15) is 0 Å². The van der Waals surface area contributed by atoms with Crippen molar-refractivity contribution >= 4 is 74.3 Å². The minimum absolute atomic E-state index is 0.0196. The van der Waals surface area contributed by atoms with E-state index in [-0.39, 0.29) is 33.8 Å². The maximum absolute atomic E-state index is 2.72. The van der Waals surface area contributed by atoms with Crippen molar-refractivity contribution in [2.24, 2.45) is 0 Å². The molecule has 0 fully saturated rings. The zero-order valence-electron chi connectivity index (χ0n) is 45.4. The number of anilines is 9. The molecule has 0 spiro atoms. The first-order chi connectivity index (χ1) is 34.7. The van der Waals surface area contributed by atoms with Gasteiger partial charge in [-0.1, -0.05) is 161 Å². The molecule has 0 amide bonds. The Labute approximate surface area is 437 Å². The minimum atomic E-state index is -0.134. The van der Waals surface area contributed by atoms with Gasteiger partial charge in [0.2, 0.25) is 0 Å². The standard InChI is InChI=1S/C69H72BN3/c1-45-38-47(46-22-16-13-17-23-46)28-32-59(45)73-60-33-30-52(71(49-24-18-14-19-25-49)50-26-20-15-21-27-50)42-57(60)70-58-43-55-56(69(11,12)37-36-68(55,9)10)44-61(58)72(62-39-48(65(2,3)4)40-63(73)64(62)70)51-29-31-53-54(41-51)67(7,8)35-34-66(53,5)6/h13-33,38-44H,34-37H2,1-12H3. The van der Waals surface area contributed by atoms with Gasteiger partial charge in [-0.25, -0.2) is 0 Å². The number of hydrogen-bond acceptors (Lipinski definition) is 3. The average Bonchev–Trinajstić information content (AvgIpc) is 3.37. The normalized spacial score (nSPS) is 17.5. The van der Waals surface area contributed by atoms with Crippen molar-refractivity contribution in [2.45, 2.75) is 136 Å². The Bertz CT molecular complexity index is 3430. The summed E-state index contributed by atoms with van der Waals surface area (Å²) in [4.78, 5) is 7.79. The van der Waals surface area contributed by atoms with Crippen LogP contribution < -0.4 is 31.1 Å². The molecule has 8 aromatic rings. The van der Waals surface area contributed by atoms with Crippen LogP contribution in [0.5, 0.6) is 0 Å². The third kappa shape index (κ3) is 7.68. The first kappa shape index (κ1) is 47.2. The molecule has 0 saturated carbocycles. The largest absolute Gasteiger partial charge is 0.311 e. The topological polar surface area (TPSA) is 9.72 Å². The van der Waals surface area contributed by atoms with E-state index < -0.39 is 0 Å².